The molecule has 0 fully saturated rings. The van der Waals surface area contributed by atoms with E-state index < -0.39 is 0 Å². The van der Waals surface area contributed by atoms with Crippen LogP contribution in [-0.2, 0) is 17.8 Å². The lowest BCUT2D eigenvalue weighted by atomic mass is 10.1. The minimum absolute atomic E-state index is 0.00834. The second kappa shape index (κ2) is 8.79. The molecule has 2 heterocycles. The Morgan fingerprint density at radius 3 is 2.41 bits per heavy atom. The van der Waals surface area contributed by atoms with E-state index in [9.17, 15) is 4.79 Å². The van der Waals surface area contributed by atoms with Gasteiger partial charge in [-0.1, -0.05) is 55.8 Å². The van der Waals surface area contributed by atoms with Gasteiger partial charge >= 0.3 is 0 Å². The van der Waals surface area contributed by atoms with Crippen LogP contribution in [0.3, 0.4) is 0 Å². The Kier molecular flexibility index (Phi) is 5.55. The molecule has 0 atom stereocenters. The number of aromatic nitrogens is 3. The van der Waals surface area contributed by atoms with Crippen LogP contribution >= 0.6 is 0 Å². The van der Waals surface area contributed by atoms with E-state index in [1.165, 1.54) is 18.4 Å². The summed E-state index contributed by atoms with van der Waals surface area (Å²) in [5.74, 6) is -0.00834. The molecule has 0 aliphatic rings. The van der Waals surface area contributed by atoms with Crippen LogP contribution in [0.15, 0.2) is 72.8 Å². The fourth-order valence-electron chi connectivity index (χ4n) is 4.18. The second-order valence-electron chi connectivity index (χ2n) is 8.15. The van der Waals surface area contributed by atoms with E-state index in [4.69, 9.17) is 9.97 Å². The molecule has 0 unspecified atom stereocenters. The van der Waals surface area contributed by atoms with Crippen LogP contribution in [0.4, 0.5) is 5.69 Å². The summed E-state index contributed by atoms with van der Waals surface area (Å²) in [6, 6.07) is 24.2. The molecule has 0 saturated heterocycles. The van der Waals surface area contributed by atoms with Gasteiger partial charge in [-0.15, -0.1) is 0 Å². The molecular formula is C27H26N4O. The number of carbonyl (C=O) groups excluding carboxylic acids is 1. The first-order chi connectivity index (χ1) is 15.7. The molecule has 3 aromatic carbocycles. The van der Waals surface area contributed by atoms with Crippen molar-refractivity contribution in [3.63, 3.8) is 0 Å². The molecule has 0 bridgehead atoms. The lowest BCUT2D eigenvalue weighted by molar-refractivity contribution is -0.116. The minimum Gasteiger partial charge on any atom is -0.326 e. The van der Waals surface area contributed by atoms with E-state index >= 15 is 0 Å². The maximum Gasteiger partial charge on any atom is 0.226 e. The van der Waals surface area contributed by atoms with Gasteiger partial charge < -0.3 is 9.88 Å². The zero-order valence-electron chi connectivity index (χ0n) is 18.2. The van der Waals surface area contributed by atoms with Gasteiger partial charge in [0.05, 0.1) is 16.6 Å². The number of benzene rings is 3. The Morgan fingerprint density at radius 1 is 0.906 bits per heavy atom. The van der Waals surface area contributed by atoms with Gasteiger partial charge in [0, 0.05) is 24.0 Å². The average molecular weight is 423 g/mol. The van der Waals surface area contributed by atoms with Gasteiger partial charge in [0.15, 0.2) is 5.65 Å². The third kappa shape index (κ3) is 3.94. The topological polar surface area (TPSA) is 59.8 Å². The monoisotopic (exact) mass is 422 g/mol. The Morgan fingerprint density at radius 2 is 1.62 bits per heavy atom. The van der Waals surface area contributed by atoms with E-state index in [0.29, 0.717) is 13.0 Å². The van der Waals surface area contributed by atoms with E-state index in [0.717, 1.165) is 45.2 Å². The van der Waals surface area contributed by atoms with Crippen LogP contribution in [0.25, 0.3) is 33.1 Å². The molecule has 5 rings (SSSR count). The first-order valence-electron chi connectivity index (χ1n) is 11.3. The van der Waals surface area contributed by atoms with Crippen LogP contribution in [0, 0.1) is 0 Å². The number of nitrogens with zero attached hydrogens (tertiary/aromatic N) is 3. The molecule has 5 heteroatoms. The molecule has 5 nitrogen and oxygen atoms in total. The lowest BCUT2D eigenvalue weighted by Crippen LogP contribution is -2.14. The molecule has 0 aliphatic carbocycles. The number of carbonyl (C=O) groups is 1. The van der Waals surface area contributed by atoms with Crippen LogP contribution in [0.1, 0.15) is 31.7 Å². The smallest absolute Gasteiger partial charge is 0.226 e. The largest absolute Gasteiger partial charge is 0.326 e. The van der Waals surface area contributed by atoms with Crippen LogP contribution in [0.2, 0.25) is 0 Å². The molecule has 5 aromatic rings. The highest BCUT2D eigenvalue weighted by Crippen LogP contribution is 2.28. The van der Waals surface area contributed by atoms with Gasteiger partial charge in [-0.2, -0.15) is 0 Å². The second-order valence-corrected chi connectivity index (χ2v) is 8.15. The highest BCUT2D eigenvalue weighted by Gasteiger charge is 2.15. The van der Waals surface area contributed by atoms with Gasteiger partial charge in [-0.25, -0.2) is 9.97 Å². The minimum atomic E-state index is -0.00834. The molecule has 2 aromatic heterocycles. The van der Waals surface area contributed by atoms with E-state index in [2.05, 4.69) is 41.1 Å². The molecule has 0 spiro atoms. The van der Waals surface area contributed by atoms with Crippen molar-refractivity contribution in [2.24, 2.45) is 0 Å². The highest BCUT2D eigenvalue weighted by molar-refractivity contribution is 6.06. The lowest BCUT2D eigenvalue weighted by Gasteiger charge is -2.09. The number of fused-ring (bicyclic) bond motifs is 4. The van der Waals surface area contributed by atoms with Crippen molar-refractivity contribution >= 4 is 44.7 Å². The summed E-state index contributed by atoms with van der Waals surface area (Å²) in [6.45, 7) is 2.73. The van der Waals surface area contributed by atoms with Crippen LogP contribution in [-0.4, -0.2) is 20.4 Å². The number of para-hydroxylation sites is 3. The number of anilines is 1. The maximum atomic E-state index is 12.7. The summed E-state index contributed by atoms with van der Waals surface area (Å²) in [5.41, 5.74) is 6.62. The van der Waals surface area contributed by atoms with E-state index in [1.807, 2.05) is 48.5 Å². The number of aryl methyl sites for hydroxylation is 2. The number of hydrogen-bond donors (Lipinski definition) is 1. The number of unbranched alkanes of at least 4 members (excludes halogenated alkanes) is 1. The summed E-state index contributed by atoms with van der Waals surface area (Å²) in [4.78, 5) is 22.4. The van der Waals surface area contributed by atoms with Crippen LogP contribution < -0.4 is 5.32 Å². The summed E-state index contributed by atoms with van der Waals surface area (Å²) in [7, 11) is 0. The number of amides is 1. The molecule has 0 radical (unpaired) electrons. The quantitative estimate of drug-likeness (QED) is 0.344. The molecule has 1 N–H and O–H groups in total. The SMILES string of the molecule is CCCCc1ccc(NC(=O)CCn2c3ccccc3c3nc4ccccc4nc32)cc1. The third-order valence-corrected chi connectivity index (χ3v) is 5.88. The van der Waals surface area contributed by atoms with Crippen molar-refractivity contribution in [1.82, 2.24) is 14.5 Å². The molecule has 0 saturated carbocycles. The predicted octanol–water partition coefficient (Wildman–Crippen LogP) is 6.11. The van der Waals surface area contributed by atoms with Gasteiger partial charge in [0.1, 0.15) is 5.52 Å². The third-order valence-electron chi connectivity index (χ3n) is 5.88. The number of rotatable bonds is 7. The predicted molar refractivity (Wildman–Crippen MR) is 131 cm³/mol. The molecule has 1 amide bonds. The van der Waals surface area contributed by atoms with Crippen molar-refractivity contribution in [3.8, 4) is 0 Å². The normalized spacial score (nSPS) is 11.4. The van der Waals surface area contributed by atoms with Gasteiger partial charge in [0.25, 0.3) is 0 Å². The fourth-order valence-corrected chi connectivity index (χ4v) is 4.18. The fraction of sp³-hybridized carbons (Fsp3) is 0.222. The molecule has 0 aliphatic heterocycles. The van der Waals surface area contributed by atoms with Gasteiger partial charge in [0.2, 0.25) is 5.91 Å². The van der Waals surface area contributed by atoms with Crippen molar-refractivity contribution in [2.45, 2.75) is 39.2 Å². The average Bonchev–Trinajstić information content (AvgIpc) is 3.13. The zero-order chi connectivity index (χ0) is 21.9. The van der Waals surface area contributed by atoms with Gasteiger partial charge in [-0.05, 0) is 48.7 Å². The first-order valence-corrected chi connectivity index (χ1v) is 11.3. The standard InChI is InChI=1S/C27H26N4O/c1-2-3-8-19-13-15-20(16-14-19)28-25(32)17-18-31-24-12-7-4-9-21(24)26-27(31)30-23-11-6-5-10-22(23)29-26/h4-7,9-16H,2-3,8,17-18H2,1H3,(H,28,32). The summed E-state index contributed by atoms with van der Waals surface area (Å²) >= 11 is 0. The zero-order valence-corrected chi connectivity index (χ0v) is 18.2. The maximum absolute atomic E-state index is 12.7. The van der Waals surface area contributed by atoms with E-state index in [1.54, 1.807) is 0 Å². The van der Waals surface area contributed by atoms with Crippen molar-refractivity contribution in [2.75, 3.05) is 5.32 Å². The summed E-state index contributed by atoms with van der Waals surface area (Å²) in [6.07, 6.45) is 3.80. The van der Waals surface area contributed by atoms with Crippen LogP contribution in [0.5, 0.6) is 0 Å². The summed E-state index contributed by atoms with van der Waals surface area (Å²) in [5, 5.41) is 4.08. The Bertz CT molecular complexity index is 1400. The first kappa shape index (κ1) is 20.2. The Balaban J connectivity index is 1.38. The Hall–Kier alpha value is -3.73. The molecule has 32 heavy (non-hydrogen) atoms. The van der Waals surface area contributed by atoms with E-state index in [-0.39, 0.29) is 5.91 Å². The highest BCUT2D eigenvalue weighted by atomic mass is 16.1. The van der Waals surface area contributed by atoms with Gasteiger partial charge in [-0.3, -0.25) is 4.79 Å². The Labute approximate surface area is 187 Å². The molecule has 160 valence electrons. The van der Waals surface area contributed by atoms with Crippen molar-refractivity contribution in [3.05, 3.63) is 78.4 Å². The van der Waals surface area contributed by atoms with Crippen molar-refractivity contribution in [1.29, 1.82) is 0 Å². The number of hydrogen-bond acceptors (Lipinski definition) is 3. The number of nitrogens with one attached hydrogen (secondary N) is 1. The summed E-state index contributed by atoms with van der Waals surface area (Å²) < 4.78 is 2.11. The molecular weight excluding hydrogens is 396 g/mol. The van der Waals surface area contributed by atoms with Crippen molar-refractivity contribution < 1.29 is 4.79 Å².